The number of carbonyl (C=O) groups excluding carboxylic acids is 1. The van der Waals surface area contributed by atoms with Crippen LogP contribution in [-0.4, -0.2) is 24.6 Å². The van der Waals surface area contributed by atoms with Crippen molar-refractivity contribution in [2.45, 2.75) is 19.9 Å². The molecule has 2 aromatic rings. The first-order valence-electron chi connectivity index (χ1n) is 8.74. The number of thiocarbonyl (C=S) groups is 1. The highest BCUT2D eigenvalue weighted by molar-refractivity contribution is 7.80. The topological polar surface area (TPSA) is 59.6 Å². The Balaban J connectivity index is 2.05. The predicted octanol–water partition coefficient (Wildman–Crippen LogP) is 3.77. The summed E-state index contributed by atoms with van der Waals surface area (Å²) in [6.45, 7) is 4.33. The Morgan fingerprint density at radius 1 is 1.15 bits per heavy atom. The van der Waals surface area contributed by atoms with Gasteiger partial charge in [-0.05, 0) is 43.8 Å². The van der Waals surface area contributed by atoms with Gasteiger partial charge < -0.3 is 20.1 Å². The summed E-state index contributed by atoms with van der Waals surface area (Å²) in [6.07, 6.45) is 0. The van der Waals surface area contributed by atoms with E-state index in [0.29, 0.717) is 34.4 Å². The summed E-state index contributed by atoms with van der Waals surface area (Å²) in [4.78, 5) is 13.2. The Kier molecular flexibility index (Phi) is 5.76. The van der Waals surface area contributed by atoms with Crippen LogP contribution in [-0.2, 0) is 0 Å². The molecule has 0 spiro atoms. The van der Waals surface area contributed by atoms with E-state index in [9.17, 15) is 4.79 Å². The molecule has 1 atom stereocenters. The number of hydrogen-bond acceptors (Lipinski definition) is 4. The van der Waals surface area contributed by atoms with Gasteiger partial charge in [0.25, 0.3) is 0 Å². The zero-order valence-corrected chi connectivity index (χ0v) is 16.4. The fourth-order valence-electron chi connectivity index (χ4n) is 3.13. The van der Waals surface area contributed by atoms with E-state index in [4.69, 9.17) is 21.7 Å². The lowest BCUT2D eigenvalue weighted by Crippen LogP contribution is -2.44. The third kappa shape index (κ3) is 3.95. The number of benzene rings is 2. The Hall–Kier alpha value is -2.86. The number of methoxy groups -OCH3 is 1. The van der Waals surface area contributed by atoms with Crippen LogP contribution in [0.5, 0.6) is 11.5 Å². The van der Waals surface area contributed by atoms with Crippen molar-refractivity contribution in [2.24, 2.45) is 0 Å². The summed E-state index contributed by atoms with van der Waals surface area (Å²) in [5.41, 5.74) is 2.87. The van der Waals surface area contributed by atoms with Crippen molar-refractivity contribution < 1.29 is 14.3 Å². The molecule has 0 radical (unpaired) electrons. The number of allylic oxidation sites excluding steroid dienone is 1. The van der Waals surface area contributed by atoms with E-state index >= 15 is 0 Å². The summed E-state index contributed by atoms with van der Waals surface area (Å²) in [6, 6.07) is 14.5. The van der Waals surface area contributed by atoms with E-state index in [1.54, 1.807) is 7.11 Å². The van der Waals surface area contributed by atoms with Crippen LogP contribution in [0.2, 0.25) is 0 Å². The summed E-state index contributed by atoms with van der Waals surface area (Å²) in [7, 11) is 1.60. The molecule has 0 aliphatic carbocycles. The normalized spacial score (nSPS) is 16.4. The average molecular weight is 382 g/mol. The van der Waals surface area contributed by atoms with E-state index in [1.807, 2.05) is 62.4 Å². The van der Waals surface area contributed by atoms with Gasteiger partial charge >= 0.3 is 0 Å². The molecule has 0 amide bonds. The van der Waals surface area contributed by atoms with Gasteiger partial charge in [-0.25, -0.2) is 0 Å². The van der Waals surface area contributed by atoms with Crippen LogP contribution in [0.25, 0.3) is 0 Å². The van der Waals surface area contributed by atoms with Crippen LogP contribution in [0.15, 0.2) is 59.8 Å². The molecule has 0 bridgehead atoms. The van der Waals surface area contributed by atoms with E-state index in [1.165, 1.54) is 0 Å². The van der Waals surface area contributed by atoms with Crippen LogP contribution < -0.4 is 20.1 Å². The van der Waals surface area contributed by atoms with Crippen molar-refractivity contribution in [1.82, 2.24) is 10.6 Å². The maximum absolute atomic E-state index is 13.2. The molecule has 1 aliphatic rings. The number of rotatable bonds is 6. The average Bonchev–Trinajstić information content (AvgIpc) is 2.68. The minimum Gasteiger partial charge on any atom is -0.493 e. The molecule has 0 fully saturated rings. The van der Waals surface area contributed by atoms with E-state index in [2.05, 4.69) is 10.6 Å². The number of Topliss-reactive ketones (excluding diaryl/α,β-unsaturated/α-hetero) is 1. The zero-order chi connectivity index (χ0) is 19.4. The van der Waals surface area contributed by atoms with E-state index in [-0.39, 0.29) is 11.8 Å². The fraction of sp³-hybridized carbons (Fsp3) is 0.238. The van der Waals surface area contributed by atoms with E-state index < -0.39 is 0 Å². The molecular formula is C21H22N2O3S. The minimum absolute atomic E-state index is 0.0477. The first-order valence-corrected chi connectivity index (χ1v) is 9.14. The summed E-state index contributed by atoms with van der Waals surface area (Å²) < 4.78 is 11.1. The number of nitrogens with one attached hydrogen (secondary N) is 2. The van der Waals surface area contributed by atoms with E-state index in [0.717, 1.165) is 11.3 Å². The van der Waals surface area contributed by atoms with Gasteiger partial charge in [0.1, 0.15) is 0 Å². The van der Waals surface area contributed by atoms with Crippen LogP contribution in [0.4, 0.5) is 0 Å². The maximum Gasteiger partial charge on any atom is 0.193 e. The van der Waals surface area contributed by atoms with Crippen LogP contribution in [0, 0.1) is 0 Å². The molecule has 0 aromatic heterocycles. The molecule has 27 heavy (non-hydrogen) atoms. The highest BCUT2D eigenvalue weighted by Gasteiger charge is 2.30. The van der Waals surface area contributed by atoms with Gasteiger partial charge in [-0.3, -0.25) is 4.79 Å². The number of ether oxygens (including phenoxy) is 2. The number of carbonyl (C=O) groups is 1. The maximum atomic E-state index is 13.2. The highest BCUT2D eigenvalue weighted by Crippen LogP contribution is 2.35. The van der Waals surface area contributed by atoms with Gasteiger partial charge in [-0.2, -0.15) is 0 Å². The second-order valence-corrected chi connectivity index (χ2v) is 6.52. The Morgan fingerprint density at radius 3 is 2.56 bits per heavy atom. The van der Waals surface area contributed by atoms with Crippen molar-refractivity contribution in [3.05, 3.63) is 70.9 Å². The molecule has 1 aliphatic heterocycles. The molecule has 1 unspecified atom stereocenters. The smallest absolute Gasteiger partial charge is 0.193 e. The molecule has 6 heteroatoms. The van der Waals surface area contributed by atoms with Crippen LogP contribution >= 0.6 is 12.2 Å². The molecule has 0 saturated carbocycles. The van der Waals surface area contributed by atoms with Crippen molar-refractivity contribution in [3.63, 3.8) is 0 Å². The highest BCUT2D eigenvalue weighted by atomic mass is 32.1. The van der Waals surface area contributed by atoms with Gasteiger partial charge in [-0.1, -0.05) is 36.4 Å². The monoisotopic (exact) mass is 382 g/mol. The van der Waals surface area contributed by atoms with Crippen molar-refractivity contribution >= 4 is 23.1 Å². The van der Waals surface area contributed by atoms with Crippen molar-refractivity contribution in [1.29, 1.82) is 0 Å². The third-order valence-corrected chi connectivity index (χ3v) is 4.59. The molecule has 0 saturated heterocycles. The van der Waals surface area contributed by atoms with Gasteiger partial charge in [0.2, 0.25) is 0 Å². The minimum atomic E-state index is -0.379. The van der Waals surface area contributed by atoms with Crippen molar-refractivity contribution in [2.75, 3.05) is 13.7 Å². The van der Waals surface area contributed by atoms with Gasteiger partial charge in [-0.15, -0.1) is 0 Å². The third-order valence-electron chi connectivity index (χ3n) is 4.37. The zero-order valence-electron chi connectivity index (χ0n) is 15.5. The number of ketones is 1. The summed E-state index contributed by atoms with van der Waals surface area (Å²) in [5, 5.41) is 6.76. The lowest BCUT2D eigenvalue weighted by atomic mass is 9.89. The largest absolute Gasteiger partial charge is 0.493 e. The van der Waals surface area contributed by atoms with Gasteiger partial charge in [0.15, 0.2) is 22.4 Å². The fourth-order valence-corrected chi connectivity index (χ4v) is 3.40. The summed E-state index contributed by atoms with van der Waals surface area (Å²) >= 11 is 5.32. The first kappa shape index (κ1) is 18.9. The second kappa shape index (κ2) is 8.22. The van der Waals surface area contributed by atoms with Crippen molar-refractivity contribution in [3.8, 4) is 11.5 Å². The SMILES string of the molecule is CCOc1ccc(C2NC(=S)NC(C)=C2C(=O)c2ccccc2)cc1OC. The molecule has 5 nitrogen and oxygen atoms in total. The lowest BCUT2D eigenvalue weighted by Gasteiger charge is -2.30. The van der Waals surface area contributed by atoms with Gasteiger partial charge in [0, 0.05) is 16.8 Å². The van der Waals surface area contributed by atoms with Crippen LogP contribution in [0.1, 0.15) is 35.8 Å². The molecule has 3 rings (SSSR count). The Bertz CT molecular complexity index is 894. The van der Waals surface area contributed by atoms with Gasteiger partial charge in [0.05, 0.1) is 19.8 Å². The Labute approximate surface area is 164 Å². The standard InChI is InChI=1S/C21H22N2O3S/c1-4-26-16-11-10-15(12-17(16)25-3)19-18(13(2)22-21(27)23-19)20(24)14-8-6-5-7-9-14/h5-12,19H,4H2,1-3H3,(H2,22,23,27). The quantitative estimate of drug-likeness (QED) is 0.586. The lowest BCUT2D eigenvalue weighted by molar-refractivity contribution is 0.102. The molecular weight excluding hydrogens is 360 g/mol. The molecule has 2 N–H and O–H groups in total. The molecule has 2 aromatic carbocycles. The second-order valence-electron chi connectivity index (χ2n) is 6.11. The summed E-state index contributed by atoms with van der Waals surface area (Å²) in [5.74, 6) is 1.23. The molecule has 140 valence electrons. The van der Waals surface area contributed by atoms with Crippen LogP contribution in [0.3, 0.4) is 0 Å². The predicted molar refractivity (Wildman–Crippen MR) is 109 cm³/mol. The molecule has 1 heterocycles. The Morgan fingerprint density at radius 2 is 1.89 bits per heavy atom. The number of hydrogen-bond donors (Lipinski definition) is 2. The first-order chi connectivity index (χ1) is 13.0.